The number of pyridine rings is 1. The zero-order chi connectivity index (χ0) is 9.54. The molecule has 0 fully saturated rings. The Kier molecular flexibility index (Phi) is 1.61. The van der Waals surface area contributed by atoms with Crippen molar-refractivity contribution in [3.8, 4) is 0 Å². The molecule has 1 aromatic carbocycles. The van der Waals surface area contributed by atoms with Crippen molar-refractivity contribution in [2.45, 2.75) is 0 Å². The number of fused-ring (bicyclic) bond motifs is 3. The minimum Gasteiger partial charge on any atom is -0.255 e. The number of thiophene rings is 1. The molecule has 14 heavy (non-hydrogen) atoms. The lowest BCUT2D eigenvalue weighted by molar-refractivity contribution is 1.45. The minimum atomic E-state index is 0.816. The van der Waals surface area contributed by atoms with Gasteiger partial charge < -0.3 is 0 Å². The summed E-state index contributed by atoms with van der Waals surface area (Å²) in [5, 5.41) is 1.19. The third-order valence-corrected chi connectivity index (χ3v) is 3.50. The van der Waals surface area contributed by atoms with Crippen molar-refractivity contribution >= 4 is 44.9 Å². The minimum absolute atomic E-state index is 0.816. The first-order valence-electron chi connectivity index (χ1n) is 4.38. The highest BCUT2D eigenvalue weighted by Gasteiger charge is 2.05. The van der Waals surface area contributed by atoms with E-state index >= 15 is 0 Å². The topological polar surface area (TPSA) is 12.9 Å². The zero-order valence-corrected chi connectivity index (χ0v) is 8.21. The normalized spacial score (nSPS) is 11.1. The highest BCUT2D eigenvalue weighted by molar-refractivity contribution is 7.26. The van der Waals surface area contributed by atoms with Crippen LogP contribution in [0.25, 0.3) is 20.3 Å². The fourth-order valence-electron chi connectivity index (χ4n) is 1.62. The number of aromatic nitrogens is 1. The van der Waals surface area contributed by atoms with Gasteiger partial charge in [-0.2, -0.15) is 0 Å². The summed E-state index contributed by atoms with van der Waals surface area (Å²) in [6.45, 7) is 0. The van der Waals surface area contributed by atoms with Crippen molar-refractivity contribution < 1.29 is 0 Å². The molecule has 0 amide bonds. The molecule has 0 unspecified atom stereocenters. The Labute approximate surface area is 86.8 Å². The maximum Gasteiger partial charge on any atom is 0.115 e. The van der Waals surface area contributed by atoms with Gasteiger partial charge in [0.25, 0.3) is 0 Å². The first-order chi connectivity index (χ1) is 6.86. The van der Waals surface area contributed by atoms with E-state index in [-0.39, 0.29) is 0 Å². The summed E-state index contributed by atoms with van der Waals surface area (Å²) in [5.41, 5.74) is 1.84. The van der Waals surface area contributed by atoms with Gasteiger partial charge in [-0.25, -0.2) is 0 Å². The van der Waals surface area contributed by atoms with Crippen LogP contribution in [-0.4, -0.2) is 12.8 Å². The molecule has 0 bridgehead atoms. The second-order valence-electron chi connectivity index (χ2n) is 3.18. The smallest absolute Gasteiger partial charge is 0.115 e. The van der Waals surface area contributed by atoms with Gasteiger partial charge in [0, 0.05) is 21.0 Å². The Hall–Kier alpha value is -1.35. The van der Waals surface area contributed by atoms with Crippen LogP contribution in [0.3, 0.4) is 0 Å². The van der Waals surface area contributed by atoms with Crippen molar-refractivity contribution in [3.05, 3.63) is 36.5 Å². The lowest BCUT2D eigenvalue weighted by Crippen LogP contribution is -2.01. The van der Waals surface area contributed by atoms with Gasteiger partial charge in [-0.1, -0.05) is 23.7 Å². The summed E-state index contributed by atoms with van der Waals surface area (Å²) in [6.07, 6.45) is 1.76. The lowest BCUT2D eigenvalue weighted by atomic mass is 9.97. The molecule has 0 N–H and O–H groups in total. The van der Waals surface area contributed by atoms with Crippen molar-refractivity contribution in [1.82, 2.24) is 4.98 Å². The fraction of sp³-hybridized carbons (Fsp3) is 0. The molecule has 0 atom stereocenters. The van der Waals surface area contributed by atoms with E-state index in [1.807, 2.05) is 18.2 Å². The second-order valence-corrected chi connectivity index (χ2v) is 4.23. The Morgan fingerprint density at radius 1 is 1.14 bits per heavy atom. The highest BCUT2D eigenvalue weighted by atomic mass is 32.1. The van der Waals surface area contributed by atoms with Crippen LogP contribution in [0, 0.1) is 0 Å². The summed E-state index contributed by atoms with van der Waals surface area (Å²) >= 11 is 1.70. The van der Waals surface area contributed by atoms with Crippen LogP contribution in [0.1, 0.15) is 0 Å². The van der Waals surface area contributed by atoms with Gasteiger partial charge in [0.05, 0.1) is 5.52 Å². The van der Waals surface area contributed by atoms with E-state index in [1.165, 1.54) is 10.1 Å². The quantitative estimate of drug-likeness (QED) is 0.501. The highest BCUT2D eigenvalue weighted by Crippen LogP contribution is 2.30. The fourth-order valence-corrected chi connectivity index (χ4v) is 2.71. The number of benzene rings is 1. The van der Waals surface area contributed by atoms with Gasteiger partial charge in [-0.3, -0.25) is 4.98 Å². The van der Waals surface area contributed by atoms with E-state index in [0.29, 0.717) is 0 Å². The molecule has 1 nitrogen and oxygen atoms in total. The summed E-state index contributed by atoms with van der Waals surface area (Å²) in [4.78, 5) is 4.36. The number of hydrogen-bond donors (Lipinski definition) is 0. The standard InChI is InChI=1S/C11H6BNS/c12-8-5-6-13-10-7-3-1-2-4-9(7)14-11(8)10/h1-6H. The van der Waals surface area contributed by atoms with Crippen LogP contribution < -0.4 is 5.46 Å². The Bertz CT molecular complexity index is 615. The summed E-state index contributed by atoms with van der Waals surface area (Å²) < 4.78 is 2.33. The molecule has 64 valence electrons. The van der Waals surface area contributed by atoms with Crippen LogP contribution in [0.15, 0.2) is 36.5 Å². The molecule has 0 saturated carbocycles. The molecule has 0 aliphatic rings. The summed E-state index contributed by atoms with van der Waals surface area (Å²) in [7, 11) is 5.89. The largest absolute Gasteiger partial charge is 0.255 e. The van der Waals surface area contributed by atoms with E-state index in [1.54, 1.807) is 17.5 Å². The maximum absolute atomic E-state index is 5.89. The van der Waals surface area contributed by atoms with Gasteiger partial charge >= 0.3 is 0 Å². The van der Waals surface area contributed by atoms with E-state index in [0.717, 1.165) is 15.7 Å². The monoisotopic (exact) mass is 195 g/mol. The van der Waals surface area contributed by atoms with Gasteiger partial charge in [0.2, 0.25) is 0 Å². The van der Waals surface area contributed by atoms with E-state index in [9.17, 15) is 0 Å². The van der Waals surface area contributed by atoms with Crippen LogP contribution >= 0.6 is 11.3 Å². The molecule has 3 aromatic rings. The van der Waals surface area contributed by atoms with Gasteiger partial charge in [0.15, 0.2) is 0 Å². The molecule has 0 aliphatic heterocycles. The predicted octanol–water partition coefficient (Wildman–Crippen LogP) is 2.24. The lowest BCUT2D eigenvalue weighted by Gasteiger charge is -1.92. The zero-order valence-electron chi connectivity index (χ0n) is 7.40. The molecular weight excluding hydrogens is 189 g/mol. The van der Waals surface area contributed by atoms with E-state index < -0.39 is 0 Å². The maximum atomic E-state index is 5.89. The molecule has 3 rings (SSSR count). The van der Waals surface area contributed by atoms with Crippen molar-refractivity contribution in [2.24, 2.45) is 0 Å². The van der Waals surface area contributed by atoms with Gasteiger partial charge in [0.1, 0.15) is 7.85 Å². The Morgan fingerprint density at radius 2 is 2.00 bits per heavy atom. The SMILES string of the molecule is [B]c1ccnc2c1sc1ccccc12. The van der Waals surface area contributed by atoms with Crippen LogP contribution in [0.5, 0.6) is 0 Å². The summed E-state index contributed by atoms with van der Waals surface area (Å²) in [6, 6.07) is 10.1. The first kappa shape index (κ1) is 8.00. The molecular formula is C11H6BNS. The molecule has 0 spiro atoms. The summed E-state index contributed by atoms with van der Waals surface area (Å²) in [5.74, 6) is 0. The third kappa shape index (κ3) is 0.991. The predicted molar refractivity (Wildman–Crippen MR) is 62.5 cm³/mol. The van der Waals surface area contributed by atoms with E-state index in [2.05, 4.69) is 17.1 Å². The molecule has 3 heteroatoms. The van der Waals surface area contributed by atoms with Crippen molar-refractivity contribution in [1.29, 1.82) is 0 Å². The number of hydrogen-bond acceptors (Lipinski definition) is 2. The molecule has 2 aromatic heterocycles. The van der Waals surface area contributed by atoms with Gasteiger partial charge in [-0.15, -0.1) is 11.3 Å². The third-order valence-electron chi connectivity index (χ3n) is 2.29. The van der Waals surface area contributed by atoms with Crippen molar-refractivity contribution in [2.75, 3.05) is 0 Å². The Morgan fingerprint density at radius 3 is 2.93 bits per heavy atom. The average molecular weight is 195 g/mol. The Balaban J connectivity index is 2.63. The van der Waals surface area contributed by atoms with Crippen molar-refractivity contribution in [3.63, 3.8) is 0 Å². The van der Waals surface area contributed by atoms with E-state index in [4.69, 9.17) is 7.85 Å². The molecule has 2 radical (unpaired) electrons. The molecule has 2 heterocycles. The van der Waals surface area contributed by atoms with Crippen LogP contribution in [-0.2, 0) is 0 Å². The molecule has 0 saturated heterocycles. The first-order valence-corrected chi connectivity index (χ1v) is 5.19. The van der Waals surface area contributed by atoms with Gasteiger partial charge in [-0.05, 0) is 12.1 Å². The van der Waals surface area contributed by atoms with Crippen LogP contribution in [0.2, 0.25) is 0 Å². The number of nitrogens with zero attached hydrogens (tertiary/aromatic N) is 1. The molecule has 0 aliphatic carbocycles. The number of rotatable bonds is 0. The van der Waals surface area contributed by atoms with Crippen LogP contribution in [0.4, 0.5) is 0 Å². The second kappa shape index (κ2) is 2.82. The average Bonchev–Trinajstić information content (AvgIpc) is 2.59.